The van der Waals surface area contributed by atoms with Gasteiger partial charge >= 0.3 is 6.18 Å². The van der Waals surface area contributed by atoms with E-state index in [0.717, 1.165) is 11.3 Å². The van der Waals surface area contributed by atoms with Gasteiger partial charge in [-0.3, -0.25) is 4.99 Å². The van der Waals surface area contributed by atoms with E-state index in [2.05, 4.69) is 15.0 Å². The fraction of sp³-hybridized carbons (Fsp3) is 0.588. The highest BCUT2D eigenvalue weighted by Gasteiger charge is 2.27. The molecule has 0 atom stereocenters. The second-order valence-corrected chi connectivity index (χ2v) is 5.42. The largest absolute Gasteiger partial charge is 0.496 e. The molecule has 0 aliphatic carbocycles. The van der Waals surface area contributed by atoms with Gasteiger partial charge in [0.25, 0.3) is 0 Å². The van der Waals surface area contributed by atoms with Gasteiger partial charge in [-0.1, -0.05) is 18.2 Å². The Hall–Kier alpha value is -1.96. The third-order valence-corrected chi connectivity index (χ3v) is 3.27. The number of ether oxygens (including phenoxy) is 2. The molecule has 1 aromatic rings. The van der Waals surface area contributed by atoms with Crippen LogP contribution >= 0.6 is 0 Å². The maximum atomic E-state index is 12.0. The van der Waals surface area contributed by atoms with Crippen molar-refractivity contribution in [1.29, 1.82) is 0 Å². The normalized spacial score (nSPS) is 12.2. The number of aliphatic imine (C=N–C) groups is 1. The lowest BCUT2D eigenvalue weighted by Crippen LogP contribution is -2.38. The van der Waals surface area contributed by atoms with Crippen molar-refractivity contribution in [3.05, 3.63) is 29.8 Å². The van der Waals surface area contributed by atoms with Gasteiger partial charge in [0.05, 0.1) is 7.11 Å². The molecule has 0 amide bonds. The zero-order valence-electron chi connectivity index (χ0n) is 14.9. The summed E-state index contributed by atoms with van der Waals surface area (Å²) in [4.78, 5) is 6.37. The number of hydrogen-bond acceptors (Lipinski definition) is 3. The van der Waals surface area contributed by atoms with Gasteiger partial charge in [0.15, 0.2) is 5.96 Å². The molecule has 25 heavy (non-hydrogen) atoms. The first-order valence-electron chi connectivity index (χ1n) is 8.13. The van der Waals surface area contributed by atoms with E-state index in [4.69, 9.17) is 4.74 Å². The predicted molar refractivity (Wildman–Crippen MR) is 91.9 cm³/mol. The SMILES string of the molecule is CCNC(=NCCCOCC(F)(F)F)N(C)Cc1ccccc1OC. The van der Waals surface area contributed by atoms with Crippen LogP contribution in [0, 0.1) is 0 Å². The van der Waals surface area contributed by atoms with Crippen molar-refractivity contribution in [2.24, 2.45) is 4.99 Å². The third-order valence-electron chi connectivity index (χ3n) is 3.27. The van der Waals surface area contributed by atoms with Crippen molar-refractivity contribution in [3.63, 3.8) is 0 Å². The quantitative estimate of drug-likeness (QED) is 0.417. The van der Waals surface area contributed by atoms with E-state index >= 15 is 0 Å². The third kappa shape index (κ3) is 8.62. The number of benzene rings is 1. The number of hydrogen-bond donors (Lipinski definition) is 1. The van der Waals surface area contributed by atoms with Crippen LogP contribution in [0.5, 0.6) is 5.75 Å². The van der Waals surface area contributed by atoms with Gasteiger partial charge in [-0.15, -0.1) is 0 Å². The van der Waals surface area contributed by atoms with E-state index < -0.39 is 12.8 Å². The summed E-state index contributed by atoms with van der Waals surface area (Å²) in [6.45, 7) is 2.44. The van der Waals surface area contributed by atoms with E-state index in [-0.39, 0.29) is 6.61 Å². The lowest BCUT2D eigenvalue weighted by molar-refractivity contribution is -0.173. The van der Waals surface area contributed by atoms with E-state index in [9.17, 15) is 13.2 Å². The predicted octanol–water partition coefficient (Wildman–Crippen LogP) is 3.06. The highest BCUT2D eigenvalue weighted by atomic mass is 19.4. The van der Waals surface area contributed by atoms with Crippen molar-refractivity contribution in [2.45, 2.75) is 26.1 Å². The monoisotopic (exact) mass is 361 g/mol. The van der Waals surface area contributed by atoms with Crippen molar-refractivity contribution >= 4 is 5.96 Å². The summed E-state index contributed by atoms with van der Waals surface area (Å²) in [5.41, 5.74) is 1.02. The molecule has 0 bridgehead atoms. The molecule has 1 rings (SSSR count). The molecule has 1 aromatic carbocycles. The number of nitrogens with zero attached hydrogens (tertiary/aromatic N) is 2. The minimum Gasteiger partial charge on any atom is -0.496 e. The molecule has 0 saturated carbocycles. The number of nitrogens with one attached hydrogen (secondary N) is 1. The highest BCUT2D eigenvalue weighted by molar-refractivity contribution is 5.79. The number of para-hydroxylation sites is 1. The summed E-state index contributed by atoms with van der Waals surface area (Å²) < 4.78 is 45.9. The molecule has 0 aliphatic rings. The van der Waals surface area contributed by atoms with Crippen LogP contribution in [0.25, 0.3) is 0 Å². The van der Waals surface area contributed by atoms with Crippen LogP contribution in [0.1, 0.15) is 18.9 Å². The smallest absolute Gasteiger partial charge is 0.411 e. The Morgan fingerprint density at radius 3 is 2.64 bits per heavy atom. The standard InChI is InChI=1S/C17H26F3N3O2/c1-4-21-16(22-10-7-11-25-13-17(18,19)20)23(2)12-14-8-5-6-9-15(14)24-3/h5-6,8-9H,4,7,10-13H2,1-3H3,(H,21,22). The first-order valence-corrected chi connectivity index (χ1v) is 8.13. The van der Waals surface area contributed by atoms with Crippen molar-refractivity contribution in [3.8, 4) is 5.75 Å². The van der Waals surface area contributed by atoms with Crippen molar-refractivity contribution in [2.75, 3.05) is 40.5 Å². The van der Waals surface area contributed by atoms with Gasteiger partial charge in [0.1, 0.15) is 12.4 Å². The van der Waals surface area contributed by atoms with E-state index in [0.29, 0.717) is 32.0 Å². The molecule has 142 valence electrons. The van der Waals surface area contributed by atoms with E-state index in [1.54, 1.807) is 7.11 Å². The van der Waals surface area contributed by atoms with Crippen molar-refractivity contribution < 1.29 is 22.6 Å². The van der Waals surface area contributed by atoms with Gasteiger partial charge in [0.2, 0.25) is 0 Å². The Morgan fingerprint density at radius 1 is 1.28 bits per heavy atom. The lowest BCUT2D eigenvalue weighted by Gasteiger charge is -2.23. The fourth-order valence-corrected chi connectivity index (χ4v) is 2.17. The van der Waals surface area contributed by atoms with Crippen molar-refractivity contribution in [1.82, 2.24) is 10.2 Å². The molecule has 0 heterocycles. The summed E-state index contributed by atoms with van der Waals surface area (Å²) in [5, 5.41) is 3.17. The molecule has 1 N–H and O–H groups in total. The Morgan fingerprint density at radius 2 is 2.00 bits per heavy atom. The summed E-state index contributed by atoms with van der Waals surface area (Å²) in [6, 6.07) is 7.71. The molecule has 0 fully saturated rings. The van der Waals surface area contributed by atoms with Crippen LogP contribution in [0.3, 0.4) is 0 Å². The average molecular weight is 361 g/mol. The molecule has 0 saturated heterocycles. The van der Waals surface area contributed by atoms with E-state index in [1.807, 2.05) is 43.1 Å². The second kappa shape index (κ2) is 10.8. The Bertz CT molecular complexity index is 536. The molecule has 0 aliphatic heterocycles. The Balaban J connectivity index is 2.53. The molecule has 0 spiro atoms. The number of halogens is 3. The minimum absolute atomic E-state index is 0.0264. The summed E-state index contributed by atoms with van der Waals surface area (Å²) >= 11 is 0. The molecule has 0 unspecified atom stereocenters. The fourth-order valence-electron chi connectivity index (χ4n) is 2.17. The summed E-state index contributed by atoms with van der Waals surface area (Å²) in [7, 11) is 3.52. The second-order valence-electron chi connectivity index (χ2n) is 5.42. The van der Waals surface area contributed by atoms with Crippen LogP contribution < -0.4 is 10.1 Å². The van der Waals surface area contributed by atoms with Gasteiger partial charge in [0, 0.05) is 38.9 Å². The number of rotatable bonds is 9. The topological polar surface area (TPSA) is 46.1 Å². The average Bonchev–Trinajstić information content (AvgIpc) is 2.56. The molecule has 0 radical (unpaired) electrons. The van der Waals surface area contributed by atoms with Gasteiger partial charge in [-0.25, -0.2) is 0 Å². The molecular weight excluding hydrogens is 335 g/mol. The van der Waals surface area contributed by atoms with Crippen LogP contribution in [-0.2, 0) is 11.3 Å². The van der Waals surface area contributed by atoms with Crippen LogP contribution in [0.4, 0.5) is 13.2 Å². The minimum atomic E-state index is -4.28. The maximum Gasteiger partial charge on any atom is 0.411 e. The van der Waals surface area contributed by atoms with Gasteiger partial charge < -0.3 is 19.7 Å². The maximum absolute atomic E-state index is 12.0. The Labute approximate surface area is 146 Å². The zero-order valence-corrected chi connectivity index (χ0v) is 14.9. The molecule has 5 nitrogen and oxygen atoms in total. The zero-order chi connectivity index (χ0) is 18.7. The number of alkyl halides is 3. The number of methoxy groups -OCH3 is 1. The lowest BCUT2D eigenvalue weighted by atomic mass is 10.2. The Kier molecular flexibility index (Phi) is 9.12. The van der Waals surface area contributed by atoms with Gasteiger partial charge in [-0.05, 0) is 19.4 Å². The highest BCUT2D eigenvalue weighted by Crippen LogP contribution is 2.18. The van der Waals surface area contributed by atoms with E-state index in [1.165, 1.54) is 0 Å². The summed E-state index contributed by atoms with van der Waals surface area (Å²) in [5.74, 6) is 1.48. The first kappa shape index (κ1) is 21.1. The van der Waals surface area contributed by atoms with Crippen LogP contribution in [0.2, 0.25) is 0 Å². The molecule has 8 heteroatoms. The van der Waals surface area contributed by atoms with Gasteiger partial charge in [-0.2, -0.15) is 13.2 Å². The summed E-state index contributed by atoms with van der Waals surface area (Å²) in [6.07, 6.45) is -3.86. The van der Waals surface area contributed by atoms with Crippen LogP contribution in [-0.4, -0.2) is 57.5 Å². The molecule has 0 aromatic heterocycles. The molecular formula is C17H26F3N3O2. The first-order chi connectivity index (χ1) is 11.9. The number of guanidine groups is 1. The van der Waals surface area contributed by atoms with Crippen LogP contribution in [0.15, 0.2) is 29.3 Å².